The molecule has 0 spiro atoms. The van der Waals surface area contributed by atoms with Crippen LogP contribution >= 0.6 is 0 Å². The Bertz CT molecular complexity index is 2080. The quantitative estimate of drug-likeness (QED) is 0.222. The third-order valence-electron chi connectivity index (χ3n) is 7.67. The molecule has 3 heterocycles. The number of nitrogens with zero attached hydrogens (tertiary/aromatic N) is 4. The summed E-state index contributed by atoms with van der Waals surface area (Å²) in [6, 6.07) is 36.5. The summed E-state index contributed by atoms with van der Waals surface area (Å²) in [4.78, 5) is 18.2. The van der Waals surface area contributed by atoms with E-state index in [0.29, 0.717) is 0 Å². The first-order valence-electron chi connectivity index (χ1n) is 13.3. The molecular formula is C36H22N4. The average Bonchev–Trinajstić information content (AvgIpc) is 3.04. The Kier molecular flexibility index (Phi) is 5.10. The molecule has 3 aromatic heterocycles. The molecule has 8 rings (SSSR count). The van der Waals surface area contributed by atoms with Gasteiger partial charge < -0.3 is 0 Å². The molecule has 0 N–H and O–H groups in total. The molecule has 0 amide bonds. The summed E-state index contributed by atoms with van der Waals surface area (Å²) < 4.78 is 0. The predicted molar refractivity (Wildman–Crippen MR) is 163 cm³/mol. The van der Waals surface area contributed by atoms with Crippen molar-refractivity contribution in [3.8, 4) is 44.9 Å². The maximum Gasteiger partial charge on any atom is 0.0891 e. The van der Waals surface area contributed by atoms with Crippen LogP contribution in [0.25, 0.3) is 77.2 Å². The van der Waals surface area contributed by atoms with Crippen molar-refractivity contribution in [1.82, 2.24) is 19.9 Å². The summed E-state index contributed by atoms with van der Waals surface area (Å²) in [6.45, 7) is 0. The molecule has 40 heavy (non-hydrogen) atoms. The lowest BCUT2D eigenvalue weighted by Gasteiger charge is -2.17. The van der Waals surface area contributed by atoms with Crippen LogP contribution in [0, 0.1) is 0 Å². The van der Waals surface area contributed by atoms with E-state index in [2.05, 4.69) is 98.8 Å². The van der Waals surface area contributed by atoms with Gasteiger partial charge in [0, 0.05) is 41.5 Å². The Morgan fingerprint density at radius 3 is 1.52 bits per heavy atom. The summed E-state index contributed by atoms with van der Waals surface area (Å²) in [5.74, 6) is 0. The van der Waals surface area contributed by atoms with E-state index in [1.807, 2.05) is 42.9 Å². The minimum absolute atomic E-state index is 0.878. The fourth-order valence-electron chi connectivity index (χ4n) is 5.86. The van der Waals surface area contributed by atoms with Gasteiger partial charge in [0.1, 0.15) is 0 Å². The van der Waals surface area contributed by atoms with Crippen LogP contribution in [0.2, 0.25) is 0 Å². The molecule has 0 aliphatic rings. The standard InChI is InChI=1S/C36H22N4/c1-3-15-38-32(5-1)26-19-25(20-27(21-26)33-6-2-4-16-39-33)28-11-7-23-10-14-31-29(34-22-37-17-18-40-34)12-8-24-9-13-30(28)35(23)36(24)31/h1-22H. The summed E-state index contributed by atoms with van der Waals surface area (Å²) in [7, 11) is 0. The van der Waals surface area contributed by atoms with Gasteiger partial charge in [-0.25, -0.2) is 0 Å². The molecule has 0 bridgehead atoms. The zero-order valence-electron chi connectivity index (χ0n) is 21.5. The second kappa shape index (κ2) is 9.07. The molecule has 0 radical (unpaired) electrons. The highest BCUT2D eigenvalue weighted by molar-refractivity contribution is 6.27. The van der Waals surface area contributed by atoms with E-state index in [9.17, 15) is 0 Å². The fourth-order valence-corrected chi connectivity index (χ4v) is 5.86. The Balaban J connectivity index is 1.41. The van der Waals surface area contributed by atoms with Crippen LogP contribution in [-0.4, -0.2) is 19.9 Å². The van der Waals surface area contributed by atoms with Crippen molar-refractivity contribution < 1.29 is 0 Å². The lowest BCUT2D eigenvalue weighted by atomic mass is 9.87. The normalized spacial score (nSPS) is 11.5. The van der Waals surface area contributed by atoms with Crippen molar-refractivity contribution >= 4 is 32.3 Å². The van der Waals surface area contributed by atoms with Crippen molar-refractivity contribution in [3.63, 3.8) is 0 Å². The van der Waals surface area contributed by atoms with Crippen LogP contribution in [0.1, 0.15) is 0 Å². The lowest BCUT2D eigenvalue weighted by Crippen LogP contribution is -1.92. The van der Waals surface area contributed by atoms with Gasteiger partial charge in [-0.05, 0) is 85.9 Å². The highest BCUT2D eigenvalue weighted by Gasteiger charge is 2.16. The van der Waals surface area contributed by atoms with Gasteiger partial charge in [-0.15, -0.1) is 0 Å². The van der Waals surface area contributed by atoms with Crippen LogP contribution < -0.4 is 0 Å². The topological polar surface area (TPSA) is 51.6 Å². The van der Waals surface area contributed by atoms with Crippen LogP contribution in [0.15, 0.2) is 134 Å². The second-order valence-corrected chi connectivity index (χ2v) is 9.97. The molecule has 186 valence electrons. The molecule has 8 aromatic rings. The molecule has 5 aromatic carbocycles. The molecular weight excluding hydrogens is 488 g/mol. The van der Waals surface area contributed by atoms with Gasteiger partial charge in [0.05, 0.1) is 23.3 Å². The Morgan fingerprint density at radius 2 is 0.950 bits per heavy atom. The number of pyridine rings is 2. The van der Waals surface area contributed by atoms with E-state index in [0.717, 1.165) is 39.3 Å². The predicted octanol–water partition coefficient (Wildman–Crippen LogP) is 8.83. The largest absolute Gasteiger partial charge is 0.261 e. The number of rotatable bonds is 4. The minimum Gasteiger partial charge on any atom is -0.261 e. The van der Waals surface area contributed by atoms with E-state index < -0.39 is 0 Å². The average molecular weight is 511 g/mol. The van der Waals surface area contributed by atoms with Crippen LogP contribution in [0.3, 0.4) is 0 Å². The number of benzene rings is 5. The number of hydrogen-bond donors (Lipinski definition) is 0. The Labute approximate surface area is 231 Å². The third kappa shape index (κ3) is 3.62. The van der Waals surface area contributed by atoms with Crippen molar-refractivity contribution in [1.29, 1.82) is 0 Å². The lowest BCUT2D eigenvalue weighted by molar-refractivity contribution is 1.21. The molecule has 0 unspecified atom stereocenters. The number of aromatic nitrogens is 4. The Morgan fingerprint density at radius 1 is 0.400 bits per heavy atom. The highest BCUT2D eigenvalue weighted by Crippen LogP contribution is 2.43. The van der Waals surface area contributed by atoms with E-state index in [1.165, 1.54) is 37.9 Å². The van der Waals surface area contributed by atoms with Gasteiger partial charge in [-0.3, -0.25) is 19.9 Å². The van der Waals surface area contributed by atoms with E-state index >= 15 is 0 Å². The molecule has 0 aliphatic heterocycles. The van der Waals surface area contributed by atoms with E-state index in [1.54, 1.807) is 12.4 Å². The maximum absolute atomic E-state index is 4.65. The van der Waals surface area contributed by atoms with Gasteiger partial charge in [-0.2, -0.15) is 0 Å². The van der Waals surface area contributed by atoms with Crippen molar-refractivity contribution in [3.05, 3.63) is 134 Å². The molecule has 4 heteroatoms. The zero-order valence-corrected chi connectivity index (χ0v) is 21.5. The molecule has 0 fully saturated rings. The maximum atomic E-state index is 4.65. The monoisotopic (exact) mass is 510 g/mol. The zero-order chi connectivity index (χ0) is 26.5. The van der Waals surface area contributed by atoms with Crippen molar-refractivity contribution in [2.24, 2.45) is 0 Å². The first-order chi connectivity index (χ1) is 19.8. The number of hydrogen-bond acceptors (Lipinski definition) is 4. The second-order valence-electron chi connectivity index (χ2n) is 9.97. The van der Waals surface area contributed by atoms with Gasteiger partial charge in [-0.1, -0.05) is 60.7 Å². The van der Waals surface area contributed by atoms with Gasteiger partial charge >= 0.3 is 0 Å². The highest BCUT2D eigenvalue weighted by atomic mass is 14.8. The summed E-state index contributed by atoms with van der Waals surface area (Å²) in [5, 5.41) is 7.36. The Hall–Kier alpha value is -5.48. The van der Waals surface area contributed by atoms with E-state index in [4.69, 9.17) is 0 Å². The SMILES string of the molecule is c1ccc(-c2cc(-c3ccccn3)cc(-c3ccc4ccc5c(-c6cnccn6)ccc6ccc3c4c65)c2)nc1. The van der Waals surface area contributed by atoms with Gasteiger partial charge in [0.2, 0.25) is 0 Å². The van der Waals surface area contributed by atoms with Gasteiger partial charge in [0.15, 0.2) is 0 Å². The summed E-state index contributed by atoms with van der Waals surface area (Å²) in [6.07, 6.45) is 8.98. The molecule has 0 aliphatic carbocycles. The molecule has 0 saturated heterocycles. The van der Waals surface area contributed by atoms with Crippen LogP contribution in [0.5, 0.6) is 0 Å². The first kappa shape index (κ1) is 22.5. The first-order valence-corrected chi connectivity index (χ1v) is 13.3. The third-order valence-corrected chi connectivity index (χ3v) is 7.67. The van der Waals surface area contributed by atoms with Crippen LogP contribution in [-0.2, 0) is 0 Å². The van der Waals surface area contributed by atoms with Gasteiger partial charge in [0.25, 0.3) is 0 Å². The molecule has 4 nitrogen and oxygen atoms in total. The van der Waals surface area contributed by atoms with Crippen LogP contribution in [0.4, 0.5) is 0 Å². The summed E-state index contributed by atoms with van der Waals surface area (Å²) in [5.41, 5.74) is 8.29. The molecule has 0 saturated carbocycles. The van der Waals surface area contributed by atoms with Crippen molar-refractivity contribution in [2.75, 3.05) is 0 Å². The molecule has 0 atom stereocenters. The minimum atomic E-state index is 0.878. The van der Waals surface area contributed by atoms with E-state index in [-0.39, 0.29) is 0 Å². The summed E-state index contributed by atoms with van der Waals surface area (Å²) >= 11 is 0. The fraction of sp³-hybridized carbons (Fsp3) is 0. The van der Waals surface area contributed by atoms with Crippen molar-refractivity contribution in [2.45, 2.75) is 0 Å². The smallest absolute Gasteiger partial charge is 0.0891 e.